The van der Waals surface area contributed by atoms with Crippen LogP contribution in [0.2, 0.25) is 0 Å². The number of carbonyl (C=O) groups excluding carboxylic acids is 1. The highest BCUT2D eigenvalue weighted by atomic mass is 16.5. The van der Waals surface area contributed by atoms with E-state index in [0.29, 0.717) is 6.42 Å². The fraction of sp³-hybridized carbons (Fsp3) is 0.737. The van der Waals surface area contributed by atoms with Gasteiger partial charge in [-0.2, -0.15) is 0 Å². The highest BCUT2D eigenvalue weighted by Gasteiger charge is 1.98. The minimum Gasteiger partial charge on any atom is -0.469 e. The summed E-state index contributed by atoms with van der Waals surface area (Å²) in [5, 5.41) is 9.62. The van der Waals surface area contributed by atoms with E-state index in [1.165, 1.54) is 20.0 Å². The second kappa shape index (κ2) is 16.1. The van der Waals surface area contributed by atoms with E-state index in [-0.39, 0.29) is 5.97 Å². The average Bonchev–Trinajstić information content (AvgIpc) is 2.52. The summed E-state index contributed by atoms with van der Waals surface area (Å²) < 4.78 is 4.60. The van der Waals surface area contributed by atoms with Gasteiger partial charge in [-0.25, -0.2) is 0 Å². The number of esters is 1. The first kappa shape index (κ1) is 20.7. The van der Waals surface area contributed by atoms with Gasteiger partial charge >= 0.3 is 5.97 Å². The zero-order valence-electron chi connectivity index (χ0n) is 14.3. The molecular weight excluding hydrogens is 276 g/mol. The molecule has 0 fully saturated rings. The molecule has 0 aliphatic rings. The Bertz CT molecular complexity index is 349. The lowest BCUT2D eigenvalue weighted by Gasteiger charge is -2.00. The molecular formula is C19H32O3. The summed E-state index contributed by atoms with van der Waals surface area (Å²) >= 11 is 0. The van der Waals surface area contributed by atoms with Gasteiger partial charge in [0.1, 0.15) is 6.10 Å². The molecule has 22 heavy (non-hydrogen) atoms. The molecule has 1 unspecified atom stereocenters. The first-order valence-corrected chi connectivity index (χ1v) is 8.61. The van der Waals surface area contributed by atoms with E-state index in [9.17, 15) is 9.90 Å². The summed E-state index contributed by atoms with van der Waals surface area (Å²) in [7, 11) is 1.43. The van der Waals surface area contributed by atoms with Crippen molar-refractivity contribution in [2.75, 3.05) is 7.11 Å². The van der Waals surface area contributed by atoms with Gasteiger partial charge < -0.3 is 9.84 Å². The number of aliphatic hydroxyl groups excluding tert-OH is 1. The standard InChI is InChI=1S/C19H32O3/c1-3-4-12-15-18(20)16-13-10-8-6-5-7-9-11-14-17-19(21)22-2/h8,10,18,20H,3-7,9,11-12,14-15,17H2,1-2H3/b10-8+. The Hall–Kier alpha value is -1.27. The molecule has 0 aromatic rings. The molecule has 1 atom stereocenters. The molecule has 0 aromatic carbocycles. The van der Waals surface area contributed by atoms with E-state index >= 15 is 0 Å². The van der Waals surface area contributed by atoms with Crippen LogP contribution in [0.5, 0.6) is 0 Å². The smallest absolute Gasteiger partial charge is 0.305 e. The summed E-state index contributed by atoms with van der Waals surface area (Å²) in [4.78, 5) is 10.9. The summed E-state index contributed by atoms with van der Waals surface area (Å²) in [5.41, 5.74) is 0. The van der Waals surface area contributed by atoms with Crippen LogP contribution < -0.4 is 0 Å². The number of unbranched alkanes of at least 4 members (excludes halogenated alkanes) is 7. The Kier molecular flexibility index (Phi) is 15.2. The molecule has 3 nitrogen and oxygen atoms in total. The van der Waals surface area contributed by atoms with E-state index in [4.69, 9.17) is 0 Å². The highest BCUT2D eigenvalue weighted by molar-refractivity contribution is 5.68. The van der Waals surface area contributed by atoms with Gasteiger partial charge in [0.05, 0.1) is 7.11 Å². The quantitative estimate of drug-likeness (QED) is 0.330. The SMILES string of the molecule is CCCCCC(O)C#C/C=C/CCCCCCCC(=O)OC. The van der Waals surface area contributed by atoms with E-state index in [0.717, 1.165) is 51.4 Å². The van der Waals surface area contributed by atoms with Crippen molar-refractivity contribution >= 4 is 5.97 Å². The minimum absolute atomic E-state index is 0.113. The Balaban J connectivity index is 3.42. The molecule has 0 bridgehead atoms. The Morgan fingerprint density at radius 2 is 1.86 bits per heavy atom. The number of carbonyl (C=O) groups is 1. The molecule has 0 rings (SSSR count). The van der Waals surface area contributed by atoms with Crippen LogP contribution in [0.15, 0.2) is 12.2 Å². The zero-order chi connectivity index (χ0) is 16.5. The van der Waals surface area contributed by atoms with Gasteiger partial charge in [-0.3, -0.25) is 4.79 Å². The summed E-state index contributed by atoms with van der Waals surface area (Å²) in [6.07, 6.45) is 14.6. The molecule has 0 radical (unpaired) electrons. The molecule has 1 N–H and O–H groups in total. The number of ether oxygens (including phenoxy) is 1. The van der Waals surface area contributed by atoms with E-state index in [2.05, 4.69) is 29.6 Å². The normalized spacial score (nSPS) is 12.0. The monoisotopic (exact) mass is 308 g/mol. The van der Waals surface area contributed by atoms with Crippen molar-refractivity contribution in [3.05, 3.63) is 12.2 Å². The number of hydrogen-bond acceptors (Lipinski definition) is 3. The van der Waals surface area contributed by atoms with Crippen molar-refractivity contribution in [3.63, 3.8) is 0 Å². The van der Waals surface area contributed by atoms with Gasteiger partial charge in [0, 0.05) is 6.42 Å². The Labute approximate surface area is 136 Å². The third-order valence-electron chi connectivity index (χ3n) is 3.51. The van der Waals surface area contributed by atoms with Crippen LogP contribution in [0, 0.1) is 11.8 Å². The van der Waals surface area contributed by atoms with Crippen LogP contribution in [0.4, 0.5) is 0 Å². The van der Waals surface area contributed by atoms with Crippen molar-refractivity contribution in [2.45, 2.75) is 83.7 Å². The van der Waals surface area contributed by atoms with Crippen molar-refractivity contribution in [2.24, 2.45) is 0 Å². The topological polar surface area (TPSA) is 46.5 Å². The predicted octanol–water partition coefficient (Wildman–Crippen LogP) is 4.39. The van der Waals surface area contributed by atoms with Crippen molar-refractivity contribution < 1.29 is 14.6 Å². The first-order chi connectivity index (χ1) is 10.7. The third-order valence-corrected chi connectivity index (χ3v) is 3.51. The van der Waals surface area contributed by atoms with Gasteiger partial charge in [0.15, 0.2) is 0 Å². The maximum absolute atomic E-state index is 10.9. The maximum Gasteiger partial charge on any atom is 0.305 e. The fourth-order valence-electron chi connectivity index (χ4n) is 2.11. The highest BCUT2D eigenvalue weighted by Crippen LogP contribution is 2.08. The van der Waals surface area contributed by atoms with Crippen LogP contribution in [0.3, 0.4) is 0 Å². The van der Waals surface area contributed by atoms with Crippen LogP contribution >= 0.6 is 0 Å². The molecule has 126 valence electrons. The molecule has 0 aliphatic carbocycles. The van der Waals surface area contributed by atoms with Crippen molar-refractivity contribution in [3.8, 4) is 11.8 Å². The lowest BCUT2D eigenvalue weighted by Crippen LogP contribution is -2.01. The summed E-state index contributed by atoms with van der Waals surface area (Å²) in [6.45, 7) is 2.15. The van der Waals surface area contributed by atoms with Gasteiger partial charge in [0.25, 0.3) is 0 Å². The van der Waals surface area contributed by atoms with Gasteiger partial charge in [-0.1, -0.05) is 56.9 Å². The van der Waals surface area contributed by atoms with Crippen molar-refractivity contribution in [1.82, 2.24) is 0 Å². The van der Waals surface area contributed by atoms with E-state index in [1.807, 2.05) is 6.08 Å². The summed E-state index contributed by atoms with van der Waals surface area (Å²) in [6, 6.07) is 0. The average molecular weight is 308 g/mol. The second-order valence-corrected chi connectivity index (χ2v) is 5.59. The summed E-state index contributed by atoms with van der Waals surface area (Å²) in [5.74, 6) is 5.65. The third kappa shape index (κ3) is 15.1. The zero-order valence-corrected chi connectivity index (χ0v) is 14.3. The van der Waals surface area contributed by atoms with Crippen LogP contribution in [-0.2, 0) is 9.53 Å². The van der Waals surface area contributed by atoms with Gasteiger partial charge in [-0.05, 0) is 38.2 Å². The number of allylic oxidation sites excluding steroid dienone is 2. The first-order valence-electron chi connectivity index (χ1n) is 8.61. The second-order valence-electron chi connectivity index (χ2n) is 5.59. The molecule has 3 heteroatoms. The number of aliphatic hydroxyl groups is 1. The molecule has 0 aliphatic heterocycles. The number of methoxy groups -OCH3 is 1. The van der Waals surface area contributed by atoms with Gasteiger partial charge in [0.2, 0.25) is 0 Å². The lowest BCUT2D eigenvalue weighted by molar-refractivity contribution is -0.140. The van der Waals surface area contributed by atoms with Crippen LogP contribution in [0.25, 0.3) is 0 Å². The predicted molar refractivity (Wildman–Crippen MR) is 91.4 cm³/mol. The minimum atomic E-state index is -0.481. The molecule has 0 heterocycles. The van der Waals surface area contributed by atoms with Gasteiger partial charge in [-0.15, -0.1) is 0 Å². The molecule has 0 amide bonds. The molecule has 0 spiro atoms. The van der Waals surface area contributed by atoms with Crippen molar-refractivity contribution in [1.29, 1.82) is 0 Å². The van der Waals surface area contributed by atoms with E-state index < -0.39 is 6.10 Å². The lowest BCUT2D eigenvalue weighted by atomic mass is 10.1. The number of hydrogen-bond donors (Lipinski definition) is 1. The largest absolute Gasteiger partial charge is 0.469 e. The molecule has 0 aromatic heterocycles. The van der Waals surface area contributed by atoms with Crippen LogP contribution in [0.1, 0.15) is 77.6 Å². The van der Waals surface area contributed by atoms with E-state index in [1.54, 1.807) is 0 Å². The maximum atomic E-state index is 10.9. The van der Waals surface area contributed by atoms with Crippen LogP contribution in [-0.4, -0.2) is 24.3 Å². The number of rotatable bonds is 12. The molecule has 0 saturated heterocycles. The fourth-order valence-corrected chi connectivity index (χ4v) is 2.11. The Morgan fingerprint density at radius 3 is 2.59 bits per heavy atom. The molecule has 0 saturated carbocycles. The Morgan fingerprint density at radius 1 is 1.14 bits per heavy atom.